The number of carbonyl (C=O) groups is 1. The van der Waals surface area contributed by atoms with E-state index < -0.39 is 11.5 Å². The third-order valence-corrected chi connectivity index (χ3v) is 2.86. The van der Waals surface area contributed by atoms with Crippen molar-refractivity contribution < 1.29 is 9.53 Å². The van der Waals surface area contributed by atoms with Crippen LogP contribution in [0.25, 0.3) is 11.4 Å². The number of aromatic amines is 1. The summed E-state index contributed by atoms with van der Waals surface area (Å²) >= 11 is 0. The van der Waals surface area contributed by atoms with Crippen LogP contribution in [0.5, 0.6) is 0 Å². The van der Waals surface area contributed by atoms with E-state index >= 15 is 0 Å². The van der Waals surface area contributed by atoms with E-state index in [0.29, 0.717) is 17.9 Å². The SMILES string of the molecule is C=CCc1nc(-c2ccccc2)[nH]c(=O)c1C(=O)OCC. The molecule has 0 atom stereocenters. The Kier molecular flexibility index (Phi) is 4.66. The van der Waals surface area contributed by atoms with Crippen molar-refractivity contribution in [2.45, 2.75) is 13.3 Å². The molecule has 5 heteroatoms. The number of benzene rings is 1. The van der Waals surface area contributed by atoms with Gasteiger partial charge in [-0.1, -0.05) is 36.4 Å². The third-order valence-electron chi connectivity index (χ3n) is 2.86. The van der Waals surface area contributed by atoms with Gasteiger partial charge in [-0.05, 0) is 6.92 Å². The predicted molar refractivity (Wildman–Crippen MR) is 80.2 cm³/mol. The van der Waals surface area contributed by atoms with E-state index in [4.69, 9.17) is 4.74 Å². The van der Waals surface area contributed by atoms with Crippen LogP contribution in [-0.2, 0) is 11.2 Å². The molecule has 0 aliphatic heterocycles. The molecule has 0 unspecified atom stereocenters. The fourth-order valence-electron chi connectivity index (χ4n) is 1.95. The molecule has 0 aliphatic carbocycles. The van der Waals surface area contributed by atoms with Gasteiger partial charge in [-0.25, -0.2) is 9.78 Å². The summed E-state index contributed by atoms with van der Waals surface area (Å²) in [4.78, 5) is 31.1. The Morgan fingerprint density at radius 2 is 2.10 bits per heavy atom. The van der Waals surface area contributed by atoms with Crippen molar-refractivity contribution in [1.82, 2.24) is 9.97 Å². The predicted octanol–water partition coefficient (Wildman–Crippen LogP) is 2.34. The number of hydrogen-bond donors (Lipinski definition) is 1. The number of ether oxygens (including phenoxy) is 1. The highest BCUT2D eigenvalue weighted by atomic mass is 16.5. The van der Waals surface area contributed by atoms with Crippen LogP contribution in [0, 0.1) is 0 Å². The first-order valence-corrected chi connectivity index (χ1v) is 6.64. The largest absolute Gasteiger partial charge is 0.462 e. The van der Waals surface area contributed by atoms with Crippen molar-refractivity contribution in [2.75, 3.05) is 6.61 Å². The smallest absolute Gasteiger partial charge is 0.345 e. The van der Waals surface area contributed by atoms with E-state index in [1.165, 1.54) is 0 Å². The normalized spacial score (nSPS) is 10.1. The van der Waals surface area contributed by atoms with Crippen LogP contribution in [0.4, 0.5) is 0 Å². The third kappa shape index (κ3) is 3.25. The molecule has 1 aromatic heterocycles. The maximum absolute atomic E-state index is 12.2. The maximum atomic E-state index is 12.2. The summed E-state index contributed by atoms with van der Waals surface area (Å²) in [6, 6.07) is 9.24. The molecule has 1 aromatic carbocycles. The zero-order chi connectivity index (χ0) is 15.2. The fraction of sp³-hybridized carbons (Fsp3) is 0.188. The van der Waals surface area contributed by atoms with Gasteiger partial charge in [-0.3, -0.25) is 4.79 Å². The van der Waals surface area contributed by atoms with Crippen LogP contribution < -0.4 is 5.56 Å². The second-order valence-electron chi connectivity index (χ2n) is 4.32. The van der Waals surface area contributed by atoms with E-state index in [2.05, 4.69) is 16.5 Å². The fourth-order valence-corrected chi connectivity index (χ4v) is 1.95. The molecule has 0 radical (unpaired) electrons. The van der Waals surface area contributed by atoms with Crippen LogP contribution in [-0.4, -0.2) is 22.5 Å². The van der Waals surface area contributed by atoms with Gasteiger partial charge in [0.2, 0.25) is 0 Å². The second kappa shape index (κ2) is 6.65. The van der Waals surface area contributed by atoms with E-state index in [-0.39, 0.29) is 12.2 Å². The molecule has 0 bridgehead atoms. The van der Waals surface area contributed by atoms with E-state index in [0.717, 1.165) is 5.56 Å². The highest BCUT2D eigenvalue weighted by Gasteiger charge is 2.19. The number of hydrogen-bond acceptors (Lipinski definition) is 4. The molecule has 0 aliphatic rings. The lowest BCUT2D eigenvalue weighted by Crippen LogP contribution is -2.24. The van der Waals surface area contributed by atoms with Gasteiger partial charge in [0.25, 0.3) is 5.56 Å². The first-order valence-electron chi connectivity index (χ1n) is 6.64. The Hall–Kier alpha value is -2.69. The summed E-state index contributed by atoms with van der Waals surface area (Å²) in [7, 11) is 0. The van der Waals surface area contributed by atoms with Crippen molar-refractivity contribution in [2.24, 2.45) is 0 Å². The first kappa shape index (κ1) is 14.7. The summed E-state index contributed by atoms with van der Waals surface area (Å²) in [6.07, 6.45) is 1.91. The number of esters is 1. The molecular weight excluding hydrogens is 268 g/mol. The number of aromatic nitrogens is 2. The average molecular weight is 284 g/mol. The van der Waals surface area contributed by atoms with E-state index in [1.807, 2.05) is 30.3 Å². The van der Waals surface area contributed by atoms with Gasteiger partial charge in [0, 0.05) is 12.0 Å². The number of H-pyrrole nitrogens is 1. The summed E-state index contributed by atoms with van der Waals surface area (Å²) < 4.78 is 4.91. The lowest BCUT2D eigenvalue weighted by molar-refractivity contribution is 0.0522. The number of nitrogens with zero attached hydrogens (tertiary/aromatic N) is 1. The Bertz CT molecular complexity index is 705. The van der Waals surface area contributed by atoms with Crippen LogP contribution in [0.15, 0.2) is 47.8 Å². The molecule has 108 valence electrons. The molecular formula is C16H16N2O3. The molecule has 21 heavy (non-hydrogen) atoms. The number of carbonyl (C=O) groups excluding carboxylic acids is 1. The van der Waals surface area contributed by atoms with Gasteiger partial charge < -0.3 is 9.72 Å². The standard InChI is InChI=1S/C16H16N2O3/c1-3-8-12-13(16(20)21-4-2)15(19)18-14(17-12)11-9-6-5-7-10-11/h3,5-7,9-10H,1,4,8H2,2H3,(H,17,18,19). The van der Waals surface area contributed by atoms with Crippen LogP contribution in [0.2, 0.25) is 0 Å². The Balaban J connectivity index is 2.57. The minimum absolute atomic E-state index is 0.0589. The van der Waals surface area contributed by atoms with Crippen LogP contribution in [0.1, 0.15) is 23.0 Å². The van der Waals surface area contributed by atoms with Crippen molar-refractivity contribution in [3.05, 3.63) is 64.6 Å². The second-order valence-corrected chi connectivity index (χ2v) is 4.32. The van der Waals surface area contributed by atoms with Gasteiger partial charge in [0.15, 0.2) is 0 Å². The van der Waals surface area contributed by atoms with Gasteiger partial charge in [0.1, 0.15) is 11.4 Å². The van der Waals surface area contributed by atoms with Crippen molar-refractivity contribution in [1.29, 1.82) is 0 Å². The van der Waals surface area contributed by atoms with E-state index in [9.17, 15) is 9.59 Å². The van der Waals surface area contributed by atoms with Crippen molar-refractivity contribution in [3.8, 4) is 11.4 Å². The molecule has 1 heterocycles. The number of rotatable bonds is 5. The van der Waals surface area contributed by atoms with Crippen LogP contribution in [0.3, 0.4) is 0 Å². The molecule has 0 saturated heterocycles. The van der Waals surface area contributed by atoms with Crippen molar-refractivity contribution >= 4 is 5.97 Å². The van der Waals surface area contributed by atoms with Gasteiger partial charge in [0.05, 0.1) is 12.3 Å². The molecule has 1 N–H and O–H groups in total. The monoisotopic (exact) mass is 284 g/mol. The summed E-state index contributed by atoms with van der Waals surface area (Å²) in [5, 5.41) is 0. The van der Waals surface area contributed by atoms with Gasteiger partial charge >= 0.3 is 5.97 Å². The van der Waals surface area contributed by atoms with Gasteiger partial charge in [-0.15, -0.1) is 6.58 Å². The number of allylic oxidation sites excluding steroid dienone is 1. The zero-order valence-electron chi connectivity index (χ0n) is 11.8. The zero-order valence-corrected chi connectivity index (χ0v) is 11.8. The van der Waals surface area contributed by atoms with Crippen molar-refractivity contribution in [3.63, 3.8) is 0 Å². The van der Waals surface area contributed by atoms with E-state index in [1.54, 1.807) is 13.0 Å². The molecule has 0 amide bonds. The minimum atomic E-state index is -0.664. The maximum Gasteiger partial charge on any atom is 0.345 e. The lowest BCUT2D eigenvalue weighted by atomic mass is 10.1. The lowest BCUT2D eigenvalue weighted by Gasteiger charge is -2.08. The quantitative estimate of drug-likeness (QED) is 0.675. The Morgan fingerprint density at radius 1 is 1.38 bits per heavy atom. The highest BCUT2D eigenvalue weighted by molar-refractivity contribution is 5.90. The Labute approximate surface area is 122 Å². The molecule has 2 rings (SSSR count). The molecule has 2 aromatic rings. The summed E-state index contributed by atoms with van der Waals surface area (Å²) in [6.45, 7) is 5.52. The molecule has 0 fully saturated rings. The molecule has 0 spiro atoms. The number of nitrogens with one attached hydrogen (secondary N) is 1. The molecule has 0 saturated carbocycles. The van der Waals surface area contributed by atoms with Crippen LogP contribution >= 0.6 is 0 Å². The highest BCUT2D eigenvalue weighted by Crippen LogP contribution is 2.15. The summed E-state index contributed by atoms with van der Waals surface area (Å²) in [5.41, 5.74) is 0.581. The average Bonchev–Trinajstić information content (AvgIpc) is 2.48. The summed E-state index contributed by atoms with van der Waals surface area (Å²) in [5.74, 6) is -0.242. The Morgan fingerprint density at radius 3 is 2.71 bits per heavy atom. The van der Waals surface area contributed by atoms with Gasteiger partial charge in [-0.2, -0.15) is 0 Å². The topological polar surface area (TPSA) is 72.0 Å². The first-order chi connectivity index (χ1) is 10.2. The molecule has 5 nitrogen and oxygen atoms in total. The minimum Gasteiger partial charge on any atom is -0.462 e.